The molecule has 14 heavy (non-hydrogen) atoms. The van der Waals surface area contributed by atoms with Crippen LogP contribution in [0, 0.1) is 6.08 Å². The molecule has 0 N–H and O–H groups in total. The lowest BCUT2D eigenvalue weighted by Gasteiger charge is -1.93. The van der Waals surface area contributed by atoms with Crippen LogP contribution in [0.15, 0.2) is 42.5 Å². The van der Waals surface area contributed by atoms with Gasteiger partial charge in [-0.3, -0.25) is 0 Å². The second-order valence-corrected chi connectivity index (χ2v) is 3.49. The van der Waals surface area contributed by atoms with Crippen molar-refractivity contribution in [3.8, 4) is 0 Å². The van der Waals surface area contributed by atoms with Crippen molar-refractivity contribution in [2.24, 2.45) is 0 Å². The van der Waals surface area contributed by atoms with Gasteiger partial charge in [0.1, 0.15) is 0 Å². The van der Waals surface area contributed by atoms with Crippen LogP contribution < -0.4 is 0 Å². The molecule has 0 saturated carbocycles. The highest BCUT2D eigenvalue weighted by atomic mass is 13.9. The molecule has 1 radical (unpaired) electrons. The van der Waals surface area contributed by atoms with E-state index in [9.17, 15) is 0 Å². The second kappa shape index (κ2) is 8.55. The molecule has 0 bridgehead atoms. The molecule has 0 unspecified atom stereocenters. The fraction of sp³-hybridized carbons (Fsp3) is 0.429. The smallest absolute Gasteiger partial charge is 0.0227 e. The van der Waals surface area contributed by atoms with Gasteiger partial charge in [0.2, 0.25) is 0 Å². The van der Waals surface area contributed by atoms with Gasteiger partial charge in [-0.05, 0) is 44.6 Å². The lowest BCUT2D eigenvalue weighted by Crippen LogP contribution is -1.73. The van der Waals surface area contributed by atoms with Crippen LogP contribution >= 0.6 is 0 Å². The maximum atomic E-state index is 3.15. The van der Waals surface area contributed by atoms with E-state index in [0.717, 1.165) is 12.8 Å². The van der Waals surface area contributed by atoms with E-state index in [1.807, 2.05) is 6.08 Å². The standard InChI is InChI=1S/C14H19/c1-2-4-6-8-10-12-14-13-11-9-7-5-3-1/h1-4,8,13-14H,5,7,9-12H2/b3-1-,4-2-,8-6?,14-13+. The van der Waals surface area contributed by atoms with E-state index in [1.54, 1.807) is 0 Å². The molecule has 0 atom stereocenters. The van der Waals surface area contributed by atoms with Gasteiger partial charge in [-0.1, -0.05) is 42.5 Å². The van der Waals surface area contributed by atoms with Crippen molar-refractivity contribution in [3.63, 3.8) is 0 Å². The Morgan fingerprint density at radius 1 is 0.714 bits per heavy atom. The van der Waals surface area contributed by atoms with E-state index >= 15 is 0 Å². The van der Waals surface area contributed by atoms with Gasteiger partial charge in [-0.2, -0.15) is 0 Å². The zero-order valence-corrected chi connectivity index (χ0v) is 8.78. The van der Waals surface area contributed by atoms with Gasteiger partial charge < -0.3 is 0 Å². The first-order valence-electron chi connectivity index (χ1n) is 5.54. The molecule has 0 fully saturated rings. The molecular weight excluding hydrogens is 168 g/mol. The van der Waals surface area contributed by atoms with Gasteiger partial charge in [0.25, 0.3) is 0 Å². The maximum Gasteiger partial charge on any atom is -0.0227 e. The van der Waals surface area contributed by atoms with E-state index in [0.29, 0.717) is 0 Å². The molecule has 0 aromatic carbocycles. The van der Waals surface area contributed by atoms with Crippen LogP contribution in [0.3, 0.4) is 0 Å². The van der Waals surface area contributed by atoms with Crippen LogP contribution in [-0.4, -0.2) is 0 Å². The van der Waals surface area contributed by atoms with Crippen molar-refractivity contribution in [2.45, 2.75) is 38.5 Å². The molecule has 1 aliphatic rings. The Morgan fingerprint density at radius 2 is 1.50 bits per heavy atom. The van der Waals surface area contributed by atoms with Crippen LogP contribution in [0.25, 0.3) is 0 Å². The number of hydrogen-bond donors (Lipinski definition) is 0. The Bertz CT molecular complexity index is 228. The zero-order chi connectivity index (χ0) is 9.90. The summed E-state index contributed by atoms with van der Waals surface area (Å²) in [5.74, 6) is 0. The summed E-state index contributed by atoms with van der Waals surface area (Å²) in [5.41, 5.74) is 0. The average molecular weight is 187 g/mol. The summed E-state index contributed by atoms with van der Waals surface area (Å²) in [6, 6.07) is 0. The van der Waals surface area contributed by atoms with Gasteiger partial charge in [0, 0.05) is 0 Å². The van der Waals surface area contributed by atoms with E-state index < -0.39 is 0 Å². The quantitative estimate of drug-likeness (QED) is 0.494. The highest BCUT2D eigenvalue weighted by molar-refractivity contribution is 5.07. The minimum Gasteiger partial charge on any atom is -0.0885 e. The first-order valence-corrected chi connectivity index (χ1v) is 5.54. The molecule has 0 spiro atoms. The first kappa shape index (κ1) is 11.0. The van der Waals surface area contributed by atoms with Crippen LogP contribution in [0.4, 0.5) is 0 Å². The zero-order valence-electron chi connectivity index (χ0n) is 8.78. The third kappa shape index (κ3) is 6.47. The van der Waals surface area contributed by atoms with Crippen molar-refractivity contribution in [1.82, 2.24) is 0 Å². The fourth-order valence-corrected chi connectivity index (χ4v) is 1.38. The molecule has 0 heteroatoms. The van der Waals surface area contributed by atoms with Crippen LogP contribution in [-0.2, 0) is 0 Å². The molecule has 0 aromatic rings. The predicted molar refractivity (Wildman–Crippen MR) is 62.9 cm³/mol. The number of rotatable bonds is 0. The van der Waals surface area contributed by atoms with E-state index in [-0.39, 0.29) is 0 Å². The second-order valence-electron chi connectivity index (χ2n) is 3.49. The summed E-state index contributed by atoms with van der Waals surface area (Å²) < 4.78 is 0. The highest BCUT2D eigenvalue weighted by Crippen LogP contribution is 2.03. The normalized spacial score (nSPS) is 28.6. The summed E-state index contributed by atoms with van der Waals surface area (Å²) in [5, 5.41) is 0. The van der Waals surface area contributed by atoms with Gasteiger partial charge in [0.05, 0.1) is 0 Å². The fourth-order valence-electron chi connectivity index (χ4n) is 1.38. The van der Waals surface area contributed by atoms with Crippen molar-refractivity contribution < 1.29 is 0 Å². The van der Waals surface area contributed by atoms with Gasteiger partial charge >= 0.3 is 0 Å². The first-order chi connectivity index (χ1) is 7.00. The lowest BCUT2D eigenvalue weighted by molar-refractivity contribution is 0.760. The van der Waals surface area contributed by atoms with E-state index in [4.69, 9.17) is 0 Å². The molecule has 1 rings (SSSR count). The van der Waals surface area contributed by atoms with Crippen LogP contribution in [0.1, 0.15) is 38.5 Å². The van der Waals surface area contributed by atoms with Gasteiger partial charge in [0.15, 0.2) is 0 Å². The Kier molecular flexibility index (Phi) is 6.74. The predicted octanol–water partition coefficient (Wildman–Crippen LogP) is 4.37. The SMILES string of the molecule is [C]1=C\CC/C=C/CCCC\C=C/C=C\1. The molecular formula is C14H19. The van der Waals surface area contributed by atoms with E-state index in [1.165, 1.54) is 25.7 Å². The molecule has 0 saturated heterocycles. The summed E-state index contributed by atoms with van der Waals surface area (Å²) in [4.78, 5) is 0. The van der Waals surface area contributed by atoms with Gasteiger partial charge in [-0.15, -0.1) is 0 Å². The van der Waals surface area contributed by atoms with Crippen LogP contribution in [0.5, 0.6) is 0 Å². The molecule has 0 heterocycles. The Hall–Kier alpha value is -1.04. The van der Waals surface area contributed by atoms with Crippen molar-refractivity contribution in [3.05, 3.63) is 48.6 Å². The van der Waals surface area contributed by atoms with Crippen molar-refractivity contribution in [1.29, 1.82) is 0 Å². The number of hydrogen-bond acceptors (Lipinski definition) is 0. The van der Waals surface area contributed by atoms with E-state index in [2.05, 4.69) is 42.5 Å². The topological polar surface area (TPSA) is 0 Å². The monoisotopic (exact) mass is 187 g/mol. The summed E-state index contributed by atoms with van der Waals surface area (Å²) in [6.07, 6.45) is 25.5. The minimum absolute atomic E-state index is 1.10. The third-order valence-corrected chi connectivity index (χ3v) is 2.19. The lowest BCUT2D eigenvalue weighted by atomic mass is 10.1. The highest BCUT2D eigenvalue weighted by Gasteiger charge is 1.83. The summed E-state index contributed by atoms with van der Waals surface area (Å²) >= 11 is 0. The molecule has 0 aliphatic heterocycles. The minimum atomic E-state index is 1.10. The van der Waals surface area contributed by atoms with Crippen molar-refractivity contribution in [2.75, 3.05) is 0 Å². The Balaban J connectivity index is 2.35. The molecule has 1 aliphatic carbocycles. The third-order valence-electron chi connectivity index (χ3n) is 2.19. The number of allylic oxidation sites excluding steroid dienone is 8. The molecule has 0 amide bonds. The van der Waals surface area contributed by atoms with Gasteiger partial charge in [-0.25, -0.2) is 0 Å². The Morgan fingerprint density at radius 3 is 2.43 bits per heavy atom. The summed E-state index contributed by atoms with van der Waals surface area (Å²) in [7, 11) is 0. The molecule has 0 nitrogen and oxygen atoms in total. The molecule has 75 valence electrons. The maximum absolute atomic E-state index is 3.15. The summed E-state index contributed by atoms with van der Waals surface area (Å²) in [6.45, 7) is 0. The molecule has 0 aromatic heterocycles. The largest absolute Gasteiger partial charge is 0.0885 e. The van der Waals surface area contributed by atoms with Crippen LogP contribution in [0.2, 0.25) is 0 Å². The van der Waals surface area contributed by atoms with Crippen molar-refractivity contribution >= 4 is 0 Å². The Labute approximate surface area is 87.7 Å². The average Bonchev–Trinajstić information content (AvgIpc) is 2.22.